The van der Waals surface area contributed by atoms with Gasteiger partial charge in [-0.2, -0.15) is 5.10 Å². The van der Waals surface area contributed by atoms with Gasteiger partial charge in [-0.3, -0.25) is 4.79 Å². The van der Waals surface area contributed by atoms with Crippen LogP contribution in [0.4, 0.5) is 15.9 Å². The number of ether oxygens (including phenoxy) is 1. The summed E-state index contributed by atoms with van der Waals surface area (Å²) < 4.78 is 20.9. The minimum Gasteiger partial charge on any atom is -0.437 e. The topological polar surface area (TPSA) is 125 Å². The summed E-state index contributed by atoms with van der Waals surface area (Å²) >= 11 is 6.14. The van der Waals surface area contributed by atoms with Gasteiger partial charge in [0, 0.05) is 23.0 Å². The van der Waals surface area contributed by atoms with Crippen molar-refractivity contribution < 1.29 is 13.9 Å². The van der Waals surface area contributed by atoms with Gasteiger partial charge in [0.05, 0.1) is 40.0 Å². The molecular formula is C24H18ClFN6O2. The van der Waals surface area contributed by atoms with E-state index in [1.165, 1.54) is 23.0 Å². The molecule has 3 aromatic heterocycles. The number of nitrogen functional groups attached to an aromatic ring is 2. The molecule has 0 radical (unpaired) electrons. The maximum atomic E-state index is 13.8. The molecule has 34 heavy (non-hydrogen) atoms. The van der Waals surface area contributed by atoms with Crippen LogP contribution in [-0.2, 0) is 0 Å². The maximum absolute atomic E-state index is 13.8. The number of carbonyl (C=O) groups is 1. The smallest absolute Gasteiger partial charge is 0.219 e. The largest absolute Gasteiger partial charge is 0.437 e. The number of ketones is 1. The van der Waals surface area contributed by atoms with Gasteiger partial charge in [-0.05, 0) is 36.8 Å². The molecule has 2 aromatic carbocycles. The summed E-state index contributed by atoms with van der Waals surface area (Å²) in [6.07, 6.45) is 2.93. The molecule has 0 saturated heterocycles. The third kappa shape index (κ3) is 3.71. The Morgan fingerprint density at radius 1 is 1.15 bits per heavy atom. The monoisotopic (exact) mass is 476 g/mol. The molecule has 0 bridgehead atoms. The van der Waals surface area contributed by atoms with Crippen molar-refractivity contribution in [1.29, 1.82) is 0 Å². The third-order valence-electron chi connectivity index (χ3n) is 5.37. The SMILES string of the molecule is Cc1cc(Oc2ccccc2Cl)ncc1-n1ncc(C(=O)c2cc3cc(N)c(F)cc3[nH]2)c1N. The minimum atomic E-state index is -0.564. The molecule has 0 saturated carbocycles. The van der Waals surface area contributed by atoms with Crippen LogP contribution in [0.2, 0.25) is 5.02 Å². The number of nitrogens with two attached hydrogens (primary N) is 2. The zero-order chi connectivity index (χ0) is 24.0. The number of carbonyl (C=O) groups excluding carboxylic acids is 1. The van der Waals surface area contributed by atoms with Crippen molar-refractivity contribution >= 4 is 39.8 Å². The molecule has 5 aromatic rings. The van der Waals surface area contributed by atoms with Crippen LogP contribution in [0.1, 0.15) is 21.6 Å². The number of anilines is 2. The third-order valence-corrected chi connectivity index (χ3v) is 5.68. The van der Waals surface area contributed by atoms with Gasteiger partial charge in [0.1, 0.15) is 17.4 Å². The molecule has 0 amide bonds. The summed E-state index contributed by atoms with van der Waals surface area (Å²) in [5.41, 5.74) is 14.1. The fourth-order valence-corrected chi connectivity index (χ4v) is 3.78. The van der Waals surface area contributed by atoms with Gasteiger partial charge < -0.3 is 21.2 Å². The summed E-state index contributed by atoms with van der Waals surface area (Å²) in [7, 11) is 0. The standard InChI is InChI=1S/C24H18ClFN6O2/c1-12-6-22(34-21-5-3-2-4-15(21)25)29-11-20(12)32-24(28)14(10-30-32)23(33)19-8-13-7-17(27)16(26)9-18(13)31-19/h2-11,31H,27-28H2,1H3. The van der Waals surface area contributed by atoms with Crippen LogP contribution >= 0.6 is 11.6 Å². The Balaban J connectivity index is 1.44. The average molecular weight is 477 g/mol. The Morgan fingerprint density at radius 2 is 1.94 bits per heavy atom. The van der Waals surface area contributed by atoms with E-state index in [4.69, 9.17) is 27.8 Å². The van der Waals surface area contributed by atoms with Crippen molar-refractivity contribution in [2.75, 3.05) is 11.5 Å². The molecule has 0 aliphatic rings. The number of aryl methyl sites for hydroxylation is 1. The first-order valence-corrected chi connectivity index (χ1v) is 10.5. The molecule has 0 atom stereocenters. The Labute approximate surface area is 197 Å². The first kappa shape index (κ1) is 21.5. The molecule has 8 nitrogen and oxygen atoms in total. The van der Waals surface area contributed by atoms with Crippen molar-refractivity contribution in [3.8, 4) is 17.3 Å². The number of nitrogens with one attached hydrogen (secondary N) is 1. The van der Waals surface area contributed by atoms with Gasteiger partial charge in [0.25, 0.3) is 0 Å². The number of pyridine rings is 1. The summed E-state index contributed by atoms with van der Waals surface area (Å²) in [4.78, 5) is 20.3. The number of aromatic nitrogens is 4. The average Bonchev–Trinajstić information content (AvgIpc) is 3.39. The van der Waals surface area contributed by atoms with Gasteiger partial charge in [-0.15, -0.1) is 0 Å². The second kappa shape index (κ2) is 8.20. The number of benzene rings is 2. The predicted molar refractivity (Wildman–Crippen MR) is 128 cm³/mol. The van der Waals surface area contributed by atoms with E-state index in [1.54, 1.807) is 36.5 Å². The van der Waals surface area contributed by atoms with Crippen LogP contribution in [0.25, 0.3) is 16.6 Å². The van der Waals surface area contributed by atoms with E-state index >= 15 is 0 Å². The van der Waals surface area contributed by atoms with Crippen molar-refractivity contribution in [2.45, 2.75) is 6.92 Å². The molecule has 0 fully saturated rings. The van der Waals surface area contributed by atoms with E-state index in [2.05, 4.69) is 15.1 Å². The Hall–Kier alpha value is -4.37. The zero-order valence-corrected chi connectivity index (χ0v) is 18.6. The summed E-state index contributed by atoms with van der Waals surface area (Å²) in [6, 6.07) is 13.1. The van der Waals surface area contributed by atoms with Crippen LogP contribution in [-0.4, -0.2) is 25.5 Å². The number of nitrogens with zero attached hydrogens (tertiary/aromatic N) is 3. The molecule has 0 unspecified atom stereocenters. The number of hydrogen-bond acceptors (Lipinski definition) is 6. The summed E-state index contributed by atoms with van der Waals surface area (Å²) in [5, 5.41) is 5.36. The van der Waals surface area contributed by atoms with E-state index in [-0.39, 0.29) is 28.5 Å². The van der Waals surface area contributed by atoms with Crippen LogP contribution in [0, 0.1) is 12.7 Å². The lowest BCUT2D eigenvalue weighted by Gasteiger charge is -2.11. The Bertz CT molecular complexity index is 1540. The maximum Gasteiger partial charge on any atom is 0.219 e. The second-order valence-corrected chi connectivity index (χ2v) is 8.08. The number of halogens is 2. The predicted octanol–water partition coefficient (Wildman–Crippen LogP) is 5.04. The molecule has 5 rings (SSSR count). The number of para-hydroxylation sites is 1. The lowest BCUT2D eigenvalue weighted by molar-refractivity contribution is 0.103. The van der Waals surface area contributed by atoms with Crippen molar-refractivity contribution in [3.05, 3.63) is 88.6 Å². The summed E-state index contributed by atoms with van der Waals surface area (Å²) in [6.45, 7) is 1.84. The number of H-pyrrole nitrogens is 1. The highest BCUT2D eigenvalue weighted by Gasteiger charge is 2.21. The van der Waals surface area contributed by atoms with Crippen LogP contribution < -0.4 is 16.2 Å². The fraction of sp³-hybridized carbons (Fsp3) is 0.0417. The number of aromatic amines is 1. The van der Waals surface area contributed by atoms with Gasteiger partial charge in [-0.25, -0.2) is 14.1 Å². The molecule has 3 heterocycles. The highest BCUT2D eigenvalue weighted by Crippen LogP contribution is 2.30. The molecule has 0 aliphatic carbocycles. The van der Waals surface area contributed by atoms with Crippen LogP contribution in [0.5, 0.6) is 11.6 Å². The number of rotatable bonds is 5. The lowest BCUT2D eigenvalue weighted by Crippen LogP contribution is -2.09. The van der Waals surface area contributed by atoms with E-state index in [1.807, 2.05) is 13.0 Å². The molecule has 0 spiro atoms. The Kier molecular flexibility index (Phi) is 5.18. The molecule has 0 aliphatic heterocycles. The second-order valence-electron chi connectivity index (χ2n) is 7.67. The highest BCUT2D eigenvalue weighted by atomic mass is 35.5. The van der Waals surface area contributed by atoms with Gasteiger partial charge in [0.15, 0.2) is 0 Å². The van der Waals surface area contributed by atoms with Gasteiger partial charge >= 0.3 is 0 Å². The number of fused-ring (bicyclic) bond motifs is 1. The number of hydrogen-bond donors (Lipinski definition) is 3. The van der Waals surface area contributed by atoms with Gasteiger partial charge in [-0.1, -0.05) is 23.7 Å². The molecule has 5 N–H and O–H groups in total. The minimum absolute atomic E-state index is 0.00256. The van der Waals surface area contributed by atoms with E-state index < -0.39 is 5.82 Å². The molecule has 170 valence electrons. The van der Waals surface area contributed by atoms with E-state index in [0.717, 1.165) is 5.56 Å². The van der Waals surface area contributed by atoms with Crippen LogP contribution in [0.3, 0.4) is 0 Å². The van der Waals surface area contributed by atoms with Crippen molar-refractivity contribution in [1.82, 2.24) is 19.7 Å². The Morgan fingerprint density at radius 3 is 2.71 bits per heavy atom. The lowest BCUT2D eigenvalue weighted by atomic mass is 10.1. The van der Waals surface area contributed by atoms with Crippen molar-refractivity contribution in [3.63, 3.8) is 0 Å². The molecular weight excluding hydrogens is 459 g/mol. The van der Waals surface area contributed by atoms with E-state index in [9.17, 15) is 9.18 Å². The summed E-state index contributed by atoms with van der Waals surface area (Å²) in [5.74, 6) is 0.0177. The van der Waals surface area contributed by atoms with E-state index in [0.29, 0.717) is 33.2 Å². The highest BCUT2D eigenvalue weighted by molar-refractivity contribution is 6.32. The zero-order valence-electron chi connectivity index (χ0n) is 17.8. The van der Waals surface area contributed by atoms with Crippen molar-refractivity contribution in [2.24, 2.45) is 0 Å². The normalized spacial score (nSPS) is 11.1. The fourth-order valence-electron chi connectivity index (χ4n) is 3.60. The quantitative estimate of drug-likeness (QED) is 0.241. The van der Waals surface area contributed by atoms with Gasteiger partial charge in [0.2, 0.25) is 11.7 Å². The molecule has 10 heteroatoms. The first-order chi connectivity index (χ1) is 16.3. The van der Waals surface area contributed by atoms with Crippen LogP contribution in [0.15, 0.2) is 60.9 Å². The first-order valence-electron chi connectivity index (χ1n) is 10.2.